The summed E-state index contributed by atoms with van der Waals surface area (Å²) in [6.07, 6.45) is 1.21. The third-order valence-electron chi connectivity index (χ3n) is 2.15. The van der Waals surface area contributed by atoms with E-state index in [9.17, 15) is 9.59 Å². The molecule has 1 aromatic rings. The van der Waals surface area contributed by atoms with Gasteiger partial charge in [0.05, 0.1) is 0 Å². The summed E-state index contributed by atoms with van der Waals surface area (Å²) in [5.74, 6) is -0.539. The van der Waals surface area contributed by atoms with Crippen LogP contribution in [0.25, 0.3) is 0 Å². The van der Waals surface area contributed by atoms with Gasteiger partial charge < -0.3 is 10.1 Å². The minimum absolute atomic E-state index is 0.0638. The molecule has 0 radical (unpaired) electrons. The normalized spacial score (nSPS) is 9.71. The fourth-order valence-electron chi connectivity index (χ4n) is 1.28. The molecule has 0 aliphatic heterocycles. The molecule has 0 unspecified atom stereocenters. The summed E-state index contributed by atoms with van der Waals surface area (Å²) in [6.45, 7) is 2.09. The van der Waals surface area contributed by atoms with E-state index in [0.29, 0.717) is 6.42 Å². The van der Waals surface area contributed by atoms with E-state index in [0.717, 1.165) is 12.0 Å². The van der Waals surface area contributed by atoms with Gasteiger partial charge in [-0.05, 0) is 12.0 Å². The van der Waals surface area contributed by atoms with Crippen molar-refractivity contribution >= 4 is 11.9 Å². The standard InChI is InChI=1S/C13H17NO3/c1-2-6-12(15)14-9-13(16)17-10-11-7-4-3-5-8-11/h3-5,7-8H,2,6,9-10H2,1H3,(H,14,15). The molecule has 0 saturated carbocycles. The molecule has 1 rings (SSSR count). The molecule has 4 heteroatoms. The number of benzene rings is 1. The van der Waals surface area contributed by atoms with Crippen LogP contribution < -0.4 is 5.32 Å². The van der Waals surface area contributed by atoms with Crippen LogP contribution in [-0.2, 0) is 20.9 Å². The topological polar surface area (TPSA) is 55.4 Å². The molecule has 0 atom stereocenters. The first kappa shape index (κ1) is 13.2. The third kappa shape index (κ3) is 5.70. The maximum atomic E-state index is 11.3. The molecular formula is C13H17NO3. The smallest absolute Gasteiger partial charge is 0.325 e. The summed E-state index contributed by atoms with van der Waals surface area (Å²) >= 11 is 0. The van der Waals surface area contributed by atoms with Gasteiger partial charge in [-0.1, -0.05) is 37.3 Å². The Labute approximate surface area is 101 Å². The molecule has 4 nitrogen and oxygen atoms in total. The minimum Gasteiger partial charge on any atom is -0.460 e. The number of carbonyl (C=O) groups excluding carboxylic acids is 2. The Hall–Kier alpha value is -1.84. The zero-order valence-corrected chi connectivity index (χ0v) is 9.94. The lowest BCUT2D eigenvalue weighted by molar-refractivity contribution is -0.145. The van der Waals surface area contributed by atoms with Crippen LogP contribution in [0.15, 0.2) is 30.3 Å². The number of ether oxygens (including phenoxy) is 1. The Morgan fingerprint density at radius 2 is 1.94 bits per heavy atom. The quantitative estimate of drug-likeness (QED) is 0.763. The van der Waals surface area contributed by atoms with Crippen molar-refractivity contribution in [3.8, 4) is 0 Å². The van der Waals surface area contributed by atoms with E-state index in [4.69, 9.17) is 4.74 Å². The van der Waals surface area contributed by atoms with E-state index in [1.165, 1.54) is 0 Å². The van der Waals surface area contributed by atoms with Crippen molar-refractivity contribution in [1.82, 2.24) is 5.32 Å². The fourth-order valence-corrected chi connectivity index (χ4v) is 1.28. The Morgan fingerprint density at radius 3 is 2.59 bits per heavy atom. The van der Waals surface area contributed by atoms with Gasteiger partial charge in [-0.25, -0.2) is 0 Å². The number of hydrogen-bond acceptors (Lipinski definition) is 3. The maximum absolute atomic E-state index is 11.3. The first-order chi connectivity index (χ1) is 8.22. The van der Waals surface area contributed by atoms with Crippen LogP contribution in [0.5, 0.6) is 0 Å². The van der Waals surface area contributed by atoms with Crippen molar-refractivity contribution in [1.29, 1.82) is 0 Å². The van der Waals surface area contributed by atoms with Gasteiger partial charge in [0.25, 0.3) is 0 Å². The van der Waals surface area contributed by atoms with Crippen LogP contribution in [0.3, 0.4) is 0 Å². The highest BCUT2D eigenvalue weighted by atomic mass is 16.5. The van der Waals surface area contributed by atoms with Gasteiger partial charge in [0, 0.05) is 6.42 Å². The van der Waals surface area contributed by atoms with Crippen molar-refractivity contribution in [3.05, 3.63) is 35.9 Å². The summed E-state index contributed by atoms with van der Waals surface area (Å²) in [7, 11) is 0. The van der Waals surface area contributed by atoms with Crippen molar-refractivity contribution in [2.75, 3.05) is 6.54 Å². The summed E-state index contributed by atoms with van der Waals surface area (Å²) in [6, 6.07) is 9.42. The van der Waals surface area contributed by atoms with Gasteiger partial charge in [0.1, 0.15) is 13.2 Å². The molecule has 0 aliphatic carbocycles. The van der Waals surface area contributed by atoms with Crippen LogP contribution in [0.4, 0.5) is 0 Å². The van der Waals surface area contributed by atoms with Gasteiger partial charge in [0.15, 0.2) is 0 Å². The number of amides is 1. The number of nitrogens with one attached hydrogen (secondary N) is 1. The second-order valence-electron chi connectivity index (χ2n) is 3.67. The van der Waals surface area contributed by atoms with Crippen LogP contribution in [0.1, 0.15) is 25.3 Å². The molecule has 0 aromatic heterocycles. The van der Waals surface area contributed by atoms with Gasteiger partial charge in [0.2, 0.25) is 5.91 Å². The van der Waals surface area contributed by atoms with Crippen LogP contribution in [0.2, 0.25) is 0 Å². The predicted molar refractivity (Wildman–Crippen MR) is 64.2 cm³/mol. The van der Waals surface area contributed by atoms with Gasteiger partial charge in [-0.2, -0.15) is 0 Å². The van der Waals surface area contributed by atoms with E-state index in [2.05, 4.69) is 5.32 Å². The molecule has 0 bridgehead atoms. The van der Waals surface area contributed by atoms with E-state index in [1.54, 1.807) is 0 Å². The lowest BCUT2D eigenvalue weighted by Crippen LogP contribution is -2.30. The Balaban J connectivity index is 2.20. The van der Waals surface area contributed by atoms with Gasteiger partial charge in [-0.15, -0.1) is 0 Å². The lowest BCUT2D eigenvalue weighted by Gasteiger charge is -2.06. The zero-order valence-electron chi connectivity index (χ0n) is 9.94. The zero-order chi connectivity index (χ0) is 12.5. The molecule has 0 aliphatic rings. The average Bonchev–Trinajstić information content (AvgIpc) is 2.35. The average molecular weight is 235 g/mol. The molecule has 92 valence electrons. The Bertz CT molecular complexity index is 362. The van der Waals surface area contributed by atoms with Crippen molar-refractivity contribution in [2.24, 2.45) is 0 Å². The van der Waals surface area contributed by atoms with Gasteiger partial charge in [-0.3, -0.25) is 9.59 Å². The van der Waals surface area contributed by atoms with Crippen molar-refractivity contribution in [2.45, 2.75) is 26.4 Å². The highest BCUT2D eigenvalue weighted by Gasteiger charge is 2.05. The molecular weight excluding hydrogens is 218 g/mol. The van der Waals surface area contributed by atoms with E-state index >= 15 is 0 Å². The first-order valence-electron chi connectivity index (χ1n) is 5.68. The molecule has 1 aromatic carbocycles. The fraction of sp³-hybridized carbons (Fsp3) is 0.385. The van der Waals surface area contributed by atoms with Crippen LogP contribution >= 0.6 is 0 Å². The third-order valence-corrected chi connectivity index (χ3v) is 2.15. The molecule has 0 heterocycles. The largest absolute Gasteiger partial charge is 0.460 e. The SMILES string of the molecule is CCCC(=O)NCC(=O)OCc1ccccc1. The highest BCUT2D eigenvalue weighted by molar-refractivity contribution is 5.81. The first-order valence-corrected chi connectivity index (χ1v) is 5.68. The molecule has 0 fully saturated rings. The Kier molecular flexibility index (Phi) is 5.79. The molecule has 17 heavy (non-hydrogen) atoms. The maximum Gasteiger partial charge on any atom is 0.325 e. The van der Waals surface area contributed by atoms with Crippen molar-refractivity contribution in [3.63, 3.8) is 0 Å². The number of rotatable bonds is 6. The second-order valence-corrected chi connectivity index (χ2v) is 3.67. The molecule has 1 amide bonds. The Morgan fingerprint density at radius 1 is 1.24 bits per heavy atom. The summed E-state index contributed by atoms with van der Waals surface area (Å²) in [4.78, 5) is 22.4. The minimum atomic E-state index is -0.418. The van der Waals surface area contributed by atoms with Crippen molar-refractivity contribution < 1.29 is 14.3 Å². The number of hydrogen-bond donors (Lipinski definition) is 1. The van der Waals surface area contributed by atoms with E-state index in [-0.39, 0.29) is 19.1 Å². The summed E-state index contributed by atoms with van der Waals surface area (Å²) in [5.41, 5.74) is 0.931. The molecule has 0 saturated heterocycles. The molecule has 0 spiro atoms. The van der Waals surface area contributed by atoms with E-state index in [1.807, 2.05) is 37.3 Å². The number of esters is 1. The summed E-state index contributed by atoms with van der Waals surface area (Å²) in [5, 5.41) is 2.51. The van der Waals surface area contributed by atoms with Gasteiger partial charge >= 0.3 is 5.97 Å². The number of carbonyl (C=O) groups is 2. The lowest BCUT2D eigenvalue weighted by atomic mass is 10.2. The van der Waals surface area contributed by atoms with Crippen LogP contribution in [-0.4, -0.2) is 18.4 Å². The van der Waals surface area contributed by atoms with Crippen LogP contribution in [0, 0.1) is 0 Å². The second kappa shape index (κ2) is 7.44. The highest BCUT2D eigenvalue weighted by Crippen LogP contribution is 2.00. The predicted octanol–water partition coefficient (Wildman–Crippen LogP) is 1.65. The van der Waals surface area contributed by atoms with E-state index < -0.39 is 5.97 Å². The molecule has 1 N–H and O–H groups in total. The summed E-state index contributed by atoms with van der Waals surface area (Å²) < 4.78 is 5.00. The monoisotopic (exact) mass is 235 g/mol.